The van der Waals surface area contributed by atoms with Crippen molar-refractivity contribution >= 4 is 35.5 Å². The Hall–Kier alpha value is -4.61. The molecule has 3 aromatic carbocycles. The van der Waals surface area contributed by atoms with Crippen molar-refractivity contribution in [2.75, 3.05) is 0 Å². The van der Waals surface area contributed by atoms with Gasteiger partial charge in [0.2, 0.25) is 5.89 Å². The molecule has 7 nitrogen and oxygen atoms in total. The van der Waals surface area contributed by atoms with E-state index >= 15 is 0 Å². The van der Waals surface area contributed by atoms with Crippen molar-refractivity contribution in [3.8, 4) is 28.8 Å². The average Bonchev–Trinajstić information content (AvgIpc) is 3.79. The normalized spacial score (nSPS) is 18.9. The number of nitrogens with zero attached hydrogens (tertiary/aromatic N) is 5. The molecule has 1 atom stereocenters. The van der Waals surface area contributed by atoms with Gasteiger partial charge in [-0.3, -0.25) is 0 Å². The fraction of sp³-hybridized carbons (Fsp3) is 0.211. The molecule has 3 aromatic heterocycles. The molecule has 0 radical (unpaired) electrons. The van der Waals surface area contributed by atoms with Crippen molar-refractivity contribution in [3.05, 3.63) is 124 Å². The Bertz CT molecular complexity index is 2610. The summed E-state index contributed by atoms with van der Waals surface area (Å²) in [4.78, 5) is 4.25. The third-order valence-electron chi connectivity index (χ3n) is 7.14. The molecule has 0 saturated heterocycles. The van der Waals surface area contributed by atoms with Gasteiger partial charge in [0.25, 0.3) is 0 Å². The zero-order valence-corrected chi connectivity index (χ0v) is 28.8. The summed E-state index contributed by atoms with van der Waals surface area (Å²) >= 11 is 0. The van der Waals surface area contributed by atoms with Crippen molar-refractivity contribution < 1.29 is 45.4 Å². The summed E-state index contributed by atoms with van der Waals surface area (Å²) in [7, 11) is -1.87. The van der Waals surface area contributed by atoms with Crippen LogP contribution in [0.2, 0.25) is 19.6 Å². The van der Waals surface area contributed by atoms with Crippen LogP contribution in [0.4, 0.5) is 0 Å². The van der Waals surface area contributed by atoms with Crippen LogP contribution < -0.4 is 5.51 Å². The molecule has 236 valence electrons. The minimum absolute atomic E-state index is 0. The monoisotopic (exact) mass is 825 g/mol. The number of aromatic nitrogens is 3. The van der Waals surface area contributed by atoms with E-state index in [1.54, 1.807) is 36.4 Å². The molecular weight excluding hydrogens is 779 g/mol. The Labute approximate surface area is 306 Å². The van der Waals surface area contributed by atoms with E-state index in [-0.39, 0.29) is 60.0 Å². The third kappa shape index (κ3) is 7.06. The molecule has 9 heteroatoms. The second-order valence-electron chi connectivity index (χ2n) is 11.6. The van der Waals surface area contributed by atoms with Crippen molar-refractivity contribution in [1.82, 2.24) is 15.2 Å². The van der Waals surface area contributed by atoms with Crippen LogP contribution in [0, 0.1) is 44.0 Å². The maximum atomic E-state index is 9.87. The predicted molar refractivity (Wildman–Crippen MR) is 185 cm³/mol. The van der Waals surface area contributed by atoms with E-state index in [4.69, 9.17) is 25.3 Å². The minimum Gasteiger partial charge on any atom is -0.683 e. The van der Waals surface area contributed by atoms with E-state index in [0.29, 0.717) is 49.7 Å². The maximum Gasteiger partial charge on any atom is 3.00 e. The summed E-state index contributed by atoms with van der Waals surface area (Å²) < 4.78 is 103. The number of nitriles is 1. The molecular formula is C38H34IrN5O2Si. The number of rotatable bonds is 4. The van der Waals surface area contributed by atoms with Gasteiger partial charge >= 0.3 is 20.1 Å². The fourth-order valence-electron chi connectivity index (χ4n) is 4.73. The molecule has 47 heavy (non-hydrogen) atoms. The average molecular weight is 825 g/mol. The zero-order chi connectivity index (χ0) is 42.6. The summed E-state index contributed by atoms with van der Waals surface area (Å²) in [5, 5.41) is 23.7. The van der Waals surface area contributed by atoms with Gasteiger partial charge in [0.05, 0.1) is 22.8 Å². The van der Waals surface area contributed by atoms with E-state index in [2.05, 4.69) is 58.3 Å². The Morgan fingerprint density at radius 1 is 0.979 bits per heavy atom. The van der Waals surface area contributed by atoms with Crippen molar-refractivity contribution in [3.63, 3.8) is 0 Å². The Balaban J connectivity index is 0.000000267. The van der Waals surface area contributed by atoms with Gasteiger partial charge < -0.3 is 19.1 Å². The smallest absolute Gasteiger partial charge is 0.683 e. The van der Waals surface area contributed by atoms with E-state index in [0.717, 1.165) is 6.20 Å². The van der Waals surface area contributed by atoms with Gasteiger partial charge in [0.1, 0.15) is 5.58 Å². The number of hydrogen-bond donors (Lipinski definition) is 0. The molecule has 4 heterocycles. The van der Waals surface area contributed by atoms with E-state index in [1.807, 2.05) is 0 Å². The first-order valence-electron chi connectivity index (χ1n) is 20.1. The number of aryl methyl sites for hydroxylation is 3. The van der Waals surface area contributed by atoms with Crippen LogP contribution in [0.15, 0.2) is 87.5 Å². The fourth-order valence-corrected chi connectivity index (χ4v) is 5.48. The van der Waals surface area contributed by atoms with Crippen LogP contribution >= 0.6 is 0 Å². The van der Waals surface area contributed by atoms with Crippen molar-refractivity contribution in [2.24, 2.45) is 0 Å². The molecule has 6 aromatic rings. The van der Waals surface area contributed by atoms with Crippen molar-refractivity contribution in [1.29, 1.82) is 5.26 Å². The molecule has 1 unspecified atom stereocenters. The summed E-state index contributed by atoms with van der Waals surface area (Å²) in [6.07, 6.45) is 5.60. The summed E-state index contributed by atoms with van der Waals surface area (Å²) in [5.41, 5.74) is 3.16. The Morgan fingerprint density at radius 3 is 2.51 bits per heavy atom. The molecule has 0 aliphatic carbocycles. The second-order valence-corrected chi connectivity index (χ2v) is 16.5. The third-order valence-corrected chi connectivity index (χ3v) is 8.62. The molecule has 0 bridgehead atoms. The number of furan rings is 1. The quantitative estimate of drug-likeness (QED) is 0.130. The predicted octanol–water partition coefficient (Wildman–Crippen LogP) is 9.21. The zero-order valence-electron chi connectivity index (χ0n) is 37.4. The first kappa shape index (κ1) is 21.3. The van der Waals surface area contributed by atoms with Crippen LogP contribution in [0.5, 0.6) is 0 Å². The van der Waals surface area contributed by atoms with Gasteiger partial charge in [-0.1, -0.05) is 72.8 Å². The number of benzene rings is 3. The van der Waals surface area contributed by atoms with Crippen LogP contribution in [0.25, 0.3) is 50.0 Å². The van der Waals surface area contributed by atoms with E-state index in [1.165, 1.54) is 30.5 Å². The van der Waals surface area contributed by atoms with Crippen molar-refractivity contribution in [2.45, 2.75) is 53.1 Å². The van der Waals surface area contributed by atoms with Gasteiger partial charge in [-0.2, -0.15) is 46.9 Å². The SMILES string of the molecule is [2H]C([2H])([2H])C1=C[N-]C(c2[c-]cc(C([2H])([2H])[2H])cc2)C=C1.[2H]C([2H])([2H])c1cnc(-c2[c-]ccc3c2oc2cc(-c4nnc([Si](C)(C)C)o4)c(C#N)cc23)cc1C([2H])([2H])[2H].[Ir+3]. The number of fused-ring (bicyclic) bond motifs is 3. The second kappa shape index (κ2) is 13.6. The maximum absolute atomic E-state index is 9.87. The number of allylic oxidation sites excluding steroid dienone is 2. The summed E-state index contributed by atoms with van der Waals surface area (Å²) in [6, 6.07) is 20.4. The van der Waals surface area contributed by atoms with Crippen LogP contribution in [-0.2, 0) is 20.1 Å². The van der Waals surface area contributed by atoms with Gasteiger partial charge in [-0.15, -0.1) is 28.4 Å². The standard InChI is InChI=1S/C25H21N4O2Si.C13H13N.Ir/c1-14-9-21(27-13-15(14)2)18-8-6-7-17-20-10-16(12-26)19(11-22(20)30-23(17)18)24-28-29-25(31-24)32(3,4)5;1-10-3-6-12(7-4-10)13-8-5-11(2)9-14-13;/h6-7,9-11,13H,1-5H3;3-6,8-9,13H,1-2H3;/q-1;-2;+3/i2*1D3,2D3;. The number of pyridine rings is 1. The van der Waals surface area contributed by atoms with Gasteiger partial charge in [0.15, 0.2) is 13.6 Å². The summed E-state index contributed by atoms with van der Waals surface area (Å²) in [6.45, 7) is -3.40. The molecule has 0 spiro atoms. The molecule has 0 saturated carbocycles. The van der Waals surface area contributed by atoms with Crippen LogP contribution in [0.3, 0.4) is 0 Å². The van der Waals surface area contributed by atoms with Gasteiger partial charge in [-0.05, 0) is 43.9 Å². The first-order valence-corrected chi connectivity index (χ1v) is 17.6. The Kier molecular flexibility index (Phi) is 6.17. The van der Waals surface area contributed by atoms with Gasteiger partial charge in [0, 0.05) is 28.0 Å². The molecule has 1 aliphatic heterocycles. The van der Waals surface area contributed by atoms with E-state index < -0.39 is 35.5 Å². The topological polar surface area (TPSA) is 103 Å². The largest absolute Gasteiger partial charge is 3.00 e. The minimum atomic E-state index is -2.67. The first-order chi connectivity index (χ1) is 26.9. The molecule has 0 N–H and O–H groups in total. The summed E-state index contributed by atoms with van der Waals surface area (Å²) in [5.74, 6) is 0.220. The molecule has 0 fully saturated rings. The Morgan fingerprint density at radius 2 is 1.85 bits per heavy atom. The molecule has 7 rings (SSSR count). The number of hydrogen-bond acceptors (Lipinski definition) is 6. The van der Waals surface area contributed by atoms with E-state index in [9.17, 15) is 5.26 Å². The molecule has 1 aliphatic rings. The molecule has 0 amide bonds. The van der Waals surface area contributed by atoms with Crippen LogP contribution in [0.1, 0.15) is 57.2 Å². The van der Waals surface area contributed by atoms with Gasteiger partial charge in [-0.25, -0.2) is 0 Å². The van der Waals surface area contributed by atoms with Crippen LogP contribution in [-0.4, -0.2) is 23.3 Å².